The highest BCUT2D eigenvalue weighted by atomic mass is 79.9. The highest BCUT2D eigenvalue weighted by Crippen LogP contribution is 2.28. The number of nitrogens with zero attached hydrogens (tertiary/aromatic N) is 1. The molecule has 1 aromatic rings. The van der Waals surface area contributed by atoms with Gasteiger partial charge in [-0.15, -0.1) is 6.58 Å². The first-order valence-corrected chi connectivity index (χ1v) is 6.83. The van der Waals surface area contributed by atoms with E-state index in [0.717, 1.165) is 21.8 Å². The summed E-state index contributed by atoms with van der Waals surface area (Å²) >= 11 is 3.45. The minimum atomic E-state index is -0.950. The Bertz CT molecular complexity index is 495. The molecule has 1 N–H and O–H groups in total. The molecule has 0 aromatic heterocycles. The van der Waals surface area contributed by atoms with Gasteiger partial charge in [-0.3, -0.25) is 0 Å². The molecule has 0 aliphatic heterocycles. The van der Waals surface area contributed by atoms with Crippen molar-refractivity contribution < 1.29 is 9.90 Å². The van der Waals surface area contributed by atoms with Gasteiger partial charge in [-0.2, -0.15) is 0 Å². The van der Waals surface area contributed by atoms with Gasteiger partial charge < -0.3 is 10.0 Å². The number of carboxylic acids is 1. The van der Waals surface area contributed by atoms with E-state index in [1.807, 2.05) is 24.3 Å². The molecule has 3 nitrogen and oxygen atoms in total. The lowest BCUT2D eigenvalue weighted by molar-refractivity contribution is -0.131. The molecule has 19 heavy (non-hydrogen) atoms. The molecule has 0 radical (unpaired) electrons. The summed E-state index contributed by atoms with van der Waals surface area (Å²) in [5, 5.41) is 8.75. The molecule has 0 saturated carbocycles. The molecule has 0 fully saturated rings. The van der Waals surface area contributed by atoms with Crippen LogP contribution in [0.5, 0.6) is 0 Å². The smallest absolute Gasteiger partial charge is 0.328 e. The minimum Gasteiger partial charge on any atom is -0.478 e. The monoisotopic (exact) mass is 323 g/mol. The minimum absolute atomic E-state index is 0.296. The predicted octanol–water partition coefficient (Wildman–Crippen LogP) is 3.95. The van der Waals surface area contributed by atoms with Gasteiger partial charge in [-0.1, -0.05) is 28.1 Å². The Balaban J connectivity index is 3.25. The first-order chi connectivity index (χ1) is 8.95. The third-order valence-corrected chi connectivity index (χ3v) is 3.15. The number of aliphatic carboxylic acids is 1. The van der Waals surface area contributed by atoms with Crippen molar-refractivity contribution in [2.45, 2.75) is 19.9 Å². The lowest BCUT2D eigenvalue weighted by atomic mass is 10.1. The predicted molar refractivity (Wildman–Crippen MR) is 83.5 cm³/mol. The largest absolute Gasteiger partial charge is 0.478 e. The number of hydrogen-bond acceptors (Lipinski definition) is 2. The Labute approximate surface area is 122 Å². The average Bonchev–Trinajstić information content (AvgIpc) is 2.33. The molecule has 0 saturated heterocycles. The molecule has 0 amide bonds. The van der Waals surface area contributed by atoms with Crippen molar-refractivity contribution in [2.75, 3.05) is 11.4 Å². The van der Waals surface area contributed by atoms with Crippen LogP contribution in [0.15, 0.2) is 41.4 Å². The molecule has 0 aliphatic rings. The molecular weight excluding hydrogens is 306 g/mol. The van der Waals surface area contributed by atoms with E-state index in [1.165, 1.54) is 0 Å². The van der Waals surface area contributed by atoms with Crippen molar-refractivity contribution in [2.24, 2.45) is 0 Å². The summed E-state index contributed by atoms with van der Waals surface area (Å²) in [5.41, 5.74) is 1.86. The van der Waals surface area contributed by atoms with Gasteiger partial charge in [0, 0.05) is 28.8 Å². The number of halogens is 1. The third-order valence-electron chi connectivity index (χ3n) is 2.66. The molecule has 4 heteroatoms. The molecule has 0 unspecified atom stereocenters. The van der Waals surface area contributed by atoms with E-state index in [9.17, 15) is 4.79 Å². The lowest BCUT2D eigenvalue weighted by Crippen LogP contribution is -2.31. The second kappa shape index (κ2) is 7.14. The van der Waals surface area contributed by atoms with E-state index in [1.54, 1.807) is 6.08 Å². The SMILES string of the molecule is C=CCN(c1cc(Br)ccc1/C=C/C(=O)O)C(C)C. The van der Waals surface area contributed by atoms with Crippen LogP contribution in [0, 0.1) is 0 Å². The second-order valence-corrected chi connectivity index (χ2v) is 5.33. The van der Waals surface area contributed by atoms with Crippen LogP contribution in [0.3, 0.4) is 0 Å². The van der Waals surface area contributed by atoms with Crippen LogP contribution in [0.1, 0.15) is 19.4 Å². The van der Waals surface area contributed by atoms with Crippen molar-refractivity contribution in [3.63, 3.8) is 0 Å². The Morgan fingerprint density at radius 1 is 1.53 bits per heavy atom. The summed E-state index contributed by atoms with van der Waals surface area (Å²) in [5.74, 6) is -0.950. The van der Waals surface area contributed by atoms with Gasteiger partial charge in [-0.05, 0) is 37.6 Å². The normalized spacial score (nSPS) is 10.9. The molecular formula is C15H18BrNO2. The standard InChI is InChI=1S/C15H18BrNO2/c1-4-9-17(11(2)3)14-10-13(16)7-5-12(14)6-8-15(18)19/h4-8,10-11H,1,9H2,2-3H3,(H,18,19)/b8-6+. The molecule has 0 spiro atoms. The number of carboxylic acid groups (broad SMARTS) is 1. The maximum atomic E-state index is 10.7. The van der Waals surface area contributed by atoms with Crippen molar-refractivity contribution >= 4 is 33.7 Å². The summed E-state index contributed by atoms with van der Waals surface area (Å²) < 4.78 is 0.963. The van der Waals surface area contributed by atoms with E-state index in [2.05, 4.69) is 41.3 Å². The van der Waals surface area contributed by atoms with E-state index in [4.69, 9.17) is 5.11 Å². The maximum absolute atomic E-state index is 10.7. The number of carbonyl (C=O) groups is 1. The molecule has 0 aliphatic carbocycles. The summed E-state index contributed by atoms with van der Waals surface area (Å²) in [6.07, 6.45) is 4.60. The highest BCUT2D eigenvalue weighted by Gasteiger charge is 2.12. The highest BCUT2D eigenvalue weighted by molar-refractivity contribution is 9.10. The Kier molecular flexibility index (Phi) is 5.83. The second-order valence-electron chi connectivity index (χ2n) is 4.41. The van der Waals surface area contributed by atoms with Crippen LogP contribution in [0.4, 0.5) is 5.69 Å². The number of anilines is 1. The molecule has 0 bridgehead atoms. The van der Waals surface area contributed by atoms with Gasteiger partial charge in [0.15, 0.2) is 0 Å². The van der Waals surface area contributed by atoms with Crippen molar-refractivity contribution in [3.05, 3.63) is 47.0 Å². The molecule has 0 atom stereocenters. The quantitative estimate of drug-likeness (QED) is 0.636. The molecule has 1 rings (SSSR count). The van der Waals surface area contributed by atoms with E-state index in [0.29, 0.717) is 12.6 Å². The van der Waals surface area contributed by atoms with Crippen LogP contribution in [0.2, 0.25) is 0 Å². The Morgan fingerprint density at radius 3 is 2.74 bits per heavy atom. The van der Waals surface area contributed by atoms with E-state index >= 15 is 0 Å². The maximum Gasteiger partial charge on any atom is 0.328 e. The number of benzene rings is 1. The molecule has 1 aromatic carbocycles. The number of rotatable bonds is 6. The van der Waals surface area contributed by atoms with Gasteiger partial charge >= 0.3 is 5.97 Å². The summed E-state index contributed by atoms with van der Waals surface area (Å²) in [7, 11) is 0. The van der Waals surface area contributed by atoms with Crippen LogP contribution < -0.4 is 4.90 Å². The summed E-state index contributed by atoms with van der Waals surface area (Å²) in [4.78, 5) is 12.8. The molecule has 102 valence electrons. The third kappa shape index (κ3) is 4.56. The Morgan fingerprint density at radius 2 is 2.21 bits per heavy atom. The van der Waals surface area contributed by atoms with Crippen molar-refractivity contribution in [1.29, 1.82) is 0 Å². The van der Waals surface area contributed by atoms with Crippen LogP contribution in [0.25, 0.3) is 6.08 Å². The fraction of sp³-hybridized carbons (Fsp3) is 0.267. The van der Waals surface area contributed by atoms with E-state index in [-0.39, 0.29) is 0 Å². The van der Waals surface area contributed by atoms with Crippen LogP contribution in [-0.4, -0.2) is 23.7 Å². The Hall–Kier alpha value is -1.55. The summed E-state index contributed by atoms with van der Waals surface area (Å²) in [6, 6.07) is 6.09. The summed E-state index contributed by atoms with van der Waals surface area (Å²) in [6.45, 7) is 8.66. The van der Waals surface area contributed by atoms with Gasteiger partial charge in [0.25, 0.3) is 0 Å². The fourth-order valence-corrected chi connectivity index (χ4v) is 2.14. The topological polar surface area (TPSA) is 40.5 Å². The van der Waals surface area contributed by atoms with Crippen LogP contribution >= 0.6 is 15.9 Å². The average molecular weight is 324 g/mol. The van der Waals surface area contributed by atoms with Gasteiger partial charge in [0.1, 0.15) is 0 Å². The fourth-order valence-electron chi connectivity index (χ4n) is 1.79. The first kappa shape index (κ1) is 15.5. The number of hydrogen-bond donors (Lipinski definition) is 1. The lowest BCUT2D eigenvalue weighted by Gasteiger charge is -2.29. The zero-order valence-corrected chi connectivity index (χ0v) is 12.7. The zero-order chi connectivity index (χ0) is 14.4. The van der Waals surface area contributed by atoms with Gasteiger partial charge in [0.2, 0.25) is 0 Å². The first-order valence-electron chi connectivity index (χ1n) is 6.03. The van der Waals surface area contributed by atoms with Gasteiger partial charge in [-0.25, -0.2) is 4.79 Å². The van der Waals surface area contributed by atoms with Crippen molar-refractivity contribution in [3.8, 4) is 0 Å². The van der Waals surface area contributed by atoms with Crippen LogP contribution in [-0.2, 0) is 4.79 Å². The van der Waals surface area contributed by atoms with Crippen molar-refractivity contribution in [1.82, 2.24) is 0 Å². The van der Waals surface area contributed by atoms with E-state index < -0.39 is 5.97 Å². The zero-order valence-electron chi connectivity index (χ0n) is 11.1. The molecule has 0 heterocycles. The van der Waals surface area contributed by atoms with Gasteiger partial charge in [0.05, 0.1) is 0 Å².